The van der Waals surface area contributed by atoms with Gasteiger partial charge in [0.05, 0.1) is 12.2 Å². The van der Waals surface area contributed by atoms with E-state index < -0.39 is 65.1 Å². The third kappa shape index (κ3) is 14.7. The van der Waals surface area contributed by atoms with Gasteiger partial charge in [0.1, 0.15) is 23.4 Å². The molecule has 1 aromatic rings. The number of nitrogens with one attached hydrogen (secondary N) is 5. The first-order chi connectivity index (χ1) is 25.1. The summed E-state index contributed by atoms with van der Waals surface area (Å²) in [5, 5.41) is 13.8. The standard InChI is InChI=1S/C37H58N8O8/c1-7-11-26(31(47)35(51)41-25-14-15-25)42-28(46)16-20-45(36(52)53-37(4,5)6)21-19-40-33(49)29(23(2)3)43-34(50)30(24-12-9-8-10-13-24)44-32(48)27-22-38-17-18-39-27/h17-18,22-26,29-30H,7-16,19-21H2,1-6H3,(H,40,49)(H,41,51)(H,42,46)(H,43,50)(H,44,48)/t26?,29?,30-/m0/s1. The van der Waals surface area contributed by atoms with Crippen molar-refractivity contribution in [3.63, 3.8) is 0 Å². The van der Waals surface area contributed by atoms with Gasteiger partial charge in [-0.1, -0.05) is 46.5 Å². The zero-order chi connectivity index (χ0) is 39.1. The number of amides is 6. The molecule has 0 radical (unpaired) electrons. The third-order valence-electron chi connectivity index (χ3n) is 9.04. The minimum Gasteiger partial charge on any atom is -0.444 e. The fraction of sp³-hybridized carbons (Fsp3) is 0.703. The van der Waals surface area contributed by atoms with Crippen LogP contribution < -0.4 is 26.6 Å². The number of hydrogen-bond donors (Lipinski definition) is 5. The van der Waals surface area contributed by atoms with E-state index in [0.717, 1.165) is 44.9 Å². The molecular formula is C37H58N8O8. The van der Waals surface area contributed by atoms with Crippen LogP contribution in [0.5, 0.6) is 0 Å². The second-order valence-corrected chi connectivity index (χ2v) is 15.2. The maximum atomic E-state index is 13.7. The molecule has 294 valence electrons. The molecule has 0 aromatic carbocycles. The second kappa shape index (κ2) is 20.6. The lowest BCUT2D eigenvalue weighted by Gasteiger charge is -2.32. The van der Waals surface area contributed by atoms with Gasteiger partial charge in [0.2, 0.25) is 23.5 Å². The highest BCUT2D eigenvalue weighted by Crippen LogP contribution is 2.27. The lowest BCUT2D eigenvalue weighted by Crippen LogP contribution is -2.58. The molecule has 2 aliphatic carbocycles. The zero-order valence-electron chi connectivity index (χ0n) is 32.0. The summed E-state index contributed by atoms with van der Waals surface area (Å²) in [7, 11) is 0. The van der Waals surface area contributed by atoms with Gasteiger partial charge >= 0.3 is 6.09 Å². The van der Waals surface area contributed by atoms with Crippen molar-refractivity contribution < 1.29 is 38.3 Å². The van der Waals surface area contributed by atoms with Crippen LogP contribution in [0.25, 0.3) is 0 Å². The molecule has 3 rings (SSSR count). The van der Waals surface area contributed by atoms with Crippen molar-refractivity contribution in [2.45, 2.75) is 136 Å². The molecule has 0 spiro atoms. The molecule has 2 saturated carbocycles. The Morgan fingerprint density at radius 1 is 0.906 bits per heavy atom. The summed E-state index contributed by atoms with van der Waals surface area (Å²) in [5.41, 5.74) is -0.754. The third-order valence-corrected chi connectivity index (χ3v) is 9.04. The molecule has 2 aliphatic rings. The summed E-state index contributed by atoms with van der Waals surface area (Å²) in [5.74, 6) is -3.87. The first-order valence-electron chi connectivity index (χ1n) is 18.9. The van der Waals surface area contributed by atoms with Crippen LogP contribution in [0.15, 0.2) is 18.6 Å². The van der Waals surface area contributed by atoms with Crippen molar-refractivity contribution in [2.24, 2.45) is 11.8 Å². The summed E-state index contributed by atoms with van der Waals surface area (Å²) in [6, 6.07) is -2.82. The van der Waals surface area contributed by atoms with E-state index in [4.69, 9.17) is 4.74 Å². The molecule has 1 heterocycles. The second-order valence-electron chi connectivity index (χ2n) is 15.2. The molecule has 16 heteroatoms. The highest BCUT2D eigenvalue weighted by molar-refractivity contribution is 6.38. The van der Waals surface area contributed by atoms with Gasteiger partial charge in [0.25, 0.3) is 11.8 Å². The van der Waals surface area contributed by atoms with Crippen LogP contribution in [-0.4, -0.2) is 106 Å². The van der Waals surface area contributed by atoms with Crippen LogP contribution in [0.4, 0.5) is 4.79 Å². The number of ketones is 1. The van der Waals surface area contributed by atoms with Gasteiger partial charge in [0, 0.05) is 44.5 Å². The number of aromatic nitrogens is 2. The fourth-order valence-corrected chi connectivity index (χ4v) is 6.02. The number of ether oxygens (including phenoxy) is 1. The van der Waals surface area contributed by atoms with Gasteiger partial charge in [-0.3, -0.25) is 33.8 Å². The number of rotatable bonds is 19. The first-order valence-corrected chi connectivity index (χ1v) is 18.9. The smallest absolute Gasteiger partial charge is 0.410 e. The normalized spacial score (nSPS) is 16.4. The Bertz CT molecular complexity index is 1420. The Hall–Kier alpha value is -4.63. The van der Waals surface area contributed by atoms with Crippen molar-refractivity contribution in [2.75, 3.05) is 19.6 Å². The van der Waals surface area contributed by atoms with Gasteiger partial charge in [-0.05, 0) is 64.7 Å². The topological polar surface area (TPSA) is 218 Å². The number of nitrogens with zero attached hydrogens (tertiary/aromatic N) is 3. The van der Waals surface area contributed by atoms with Gasteiger partial charge in [-0.25, -0.2) is 9.78 Å². The first kappa shape index (κ1) is 42.8. The molecule has 53 heavy (non-hydrogen) atoms. The van der Waals surface area contributed by atoms with Crippen LogP contribution in [-0.2, 0) is 28.7 Å². The average Bonchev–Trinajstić information content (AvgIpc) is 3.93. The van der Waals surface area contributed by atoms with E-state index in [1.54, 1.807) is 34.6 Å². The number of hydrogen-bond acceptors (Lipinski definition) is 10. The van der Waals surface area contributed by atoms with Crippen molar-refractivity contribution in [1.29, 1.82) is 0 Å². The van der Waals surface area contributed by atoms with Crippen molar-refractivity contribution >= 4 is 41.4 Å². The van der Waals surface area contributed by atoms with E-state index >= 15 is 0 Å². The van der Waals surface area contributed by atoms with E-state index in [0.29, 0.717) is 6.42 Å². The molecule has 5 N–H and O–H groups in total. The molecule has 0 bridgehead atoms. The van der Waals surface area contributed by atoms with Crippen molar-refractivity contribution in [1.82, 2.24) is 41.5 Å². The summed E-state index contributed by atoms with van der Waals surface area (Å²) < 4.78 is 5.54. The van der Waals surface area contributed by atoms with E-state index in [-0.39, 0.29) is 56.0 Å². The quantitative estimate of drug-likeness (QED) is 0.130. The summed E-state index contributed by atoms with van der Waals surface area (Å²) in [6.07, 6.45) is 10.2. The SMILES string of the molecule is CCCC(NC(=O)CCN(CCNC(=O)C(NC(=O)[C@@H](NC(=O)c1cnccn1)C1CCCCC1)C(C)C)C(=O)OC(C)(C)C)C(=O)C(=O)NC1CC1. The number of carbonyl (C=O) groups is 7. The highest BCUT2D eigenvalue weighted by Gasteiger charge is 2.35. The van der Waals surface area contributed by atoms with Crippen LogP contribution in [0.2, 0.25) is 0 Å². The largest absolute Gasteiger partial charge is 0.444 e. The molecule has 0 saturated heterocycles. The van der Waals surface area contributed by atoms with Crippen LogP contribution in [0, 0.1) is 11.8 Å². The molecule has 1 aromatic heterocycles. The number of carbonyl (C=O) groups excluding carboxylic acids is 7. The Morgan fingerprint density at radius 2 is 1.60 bits per heavy atom. The molecule has 16 nitrogen and oxygen atoms in total. The maximum absolute atomic E-state index is 13.7. The van der Waals surface area contributed by atoms with Crippen LogP contribution in [0.3, 0.4) is 0 Å². The van der Waals surface area contributed by atoms with Gasteiger partial charge in [-0.15, -0.1) is 0 Å². The minimum atomic E-state index is -0.985. The van der Waals surface area contributed by atoms with E-state index in [9.17, 15) is 33.6 Å². The minimum absolute atomic E-state index is 0.00111. The molecule has 2 fully saturated rings. The van der Waals surface area contributed by atoms with Crippen molar-refractivity contribution in [3.8, 4) is 0 Å². The number of Topliss-reactive ketones (excluding diaryl/α,β-unsaturated/α-hetero) is 1. The van der Waals surface area contributed by atoms with Crippen molar-refractivity contribution in [3.05, 3.63) is 24.3 Å². The molecule has 3 atom stereocenters. The Morgan fingerprint density at radius 3 is 2.19 bits per heavy atom. The molecule has 6 amide bonds. The Kier molecular flexibility index (Phi) is 16.6. The molecule has 2 unspecified atom stereocenters. The highest BCUT2D eigenvalue weighted by atomic mass is 16.6. The predicted molar refractivity (Wildman–Crippen MR) is 195 cm³/mol. The maximum Gasteiger partial charge on any atom is 0.410 e. The summed E-state index contributed by atoms with van der Waals surface area (Å²) in [6.45, 7) is 10.4. The monoisotopic (exact) mass is 742 g/mol. The lowest BCUT2D eigenvalue weighted by molar-refractivity contribution is -0.140. The average molecular weight is 743 g/mol. The fourth-order valence-electron chi connectivity index (χ4n) is 6.02. The van der Waals surface area contributed by atoms with E-state index in [2.05, 4.69) is 36.6 Å². The lowest BCUT2D eigenvalue weighted by atomic mass is 9.83. The Balaban J connectivity index is 1.62. The zero-order valence-corrected chi connectivity index (χ0v) is 32.0. The van der Waals surface area contributed by atoms with Gasteiger partial charge in [-0.2, -0.15) is 0 Å². The van der Waals surface area contributed by atoms with Crippen LogP contribution in [0.1, 0.15) is 116 Å². The molecule has 0 aliphatic heterocycles. The van der Waals surface area contributed by atoms with E-state index in [1.807, 2.05) is 6.92 Å². The van der Waals surface area contributed by atoms with Gasteiger partial charge in [0.15, 0.2) is 0 Å². The molecular weight excluding hydrogens is 684 g/mol. The Labute approximate surface area is 312 Å². The predicted octanol–water partition coefficient (Wildman–Crippen LogP) is 2.17. The summed E-state index contributed by atoms with van der Waals surface area (Å²) >= 11 is 0. The summed E-state index contributed by atoms with van der Waals surface area (Å²) in [4.78, 5) is 101. The van der Waals surface area contributed by atoms with E-state index in [1.165, 1.54) is 23.5 Å². The van der Waals surface area contributed by atoms with Crippen LogP contribution >= 0.6 is 0 Å². The van der Waals surface area contributed by atoms with Gasteiger partial charge < -0.3 is 36.2 Å².